The summed E-state index contributed by atoms with van der Waals surface area (Å²) in [4.78, 5) is 13.0. The number of hydrogen-bond donors (Lipinski definition) is 1. The van der Waals surface area contributed by atoms with Crippen molar-refractivity contribution in [2.45, 2.75) is 19.1 Å². The van der Waals surface area contributed by atoms with Gasteiger partial charge >= 0.3 is 0 Å². The van der Waals surface area contributed by atoms with E-state index in [1.54, 1.807) is 0 Å². The van der Waals surface area contributed by atoms with Crippen LogP contribution in [0.1, 0.15) is 35.1 Å². The van der Waals surface area contributed by atoms with Crippen LogP contribution in [0.2, 0.25) is 0 Å². The van der Waals surface area contributed by atoms with Crippen LogP contribution in [0.25, 0.3) is 50.0 Å². The quantitative estimate of drug-likeness (QED) is 0.177. The van der Waals surface area contributed by atoms with Gasteiger partial charge in [-0.05, 0) is 84.1 Å². The van der Waals surface area contributed by atoms with E-state index in [0.29, 0.717) is 5.84 Å². The maximum atomic E-state index is 6.89. The zero-order valence-electron chi connectivity index (χ0n) is 31.1. The summed E-state index contributed by atoms with van der Waals surface area (Å²) >= 11 is 0. The van der Waals surface area contributed by atoms with Crippen LogP contribution in [-0.4, -0.2) is 16.2 Å². The van der Waals surface area contributed by atoms with Crippen molar-refractivity contribution in [3.63, 3.8) is 0 Å². The predicted molar refractivity (Wildman–Crippen MR) is 235 cm³/mol. The molecule has 2 aromatic heterocycles. The van der Waals surface area contributed by atoms with Crippen molar-refractivity contribution in [1.82, 2.24) is 9.88 Å². The van der Waals surface area contributed by atoms with Gasteiger partial charge in [0.1, 0.15) is 17.0 Å². The number of hydrogen-bond acceptors (Lipinski definition) is 5. The lowest BCUT2D eigenvalue weighted by atomic mass is 10.0. The van der Waals surface area contributed by atoms with Gasteiger partial charge in [-0.25, -0.2) is 9.98 Å². The Bertz CT molecular complexity index is 3030. The molecule has 272 valence electrons. The molecule has 11 rings (SSSR count). The number of aryl methyl sites for hydroxylation is 1. The number of nitrogens with one attached hydrogen (secondary N) is 1. The van der Waals surface area contributed by atoms with E-state index in [-0.39, 0.29) is 0 Å². The molecule has 1 atom stereocenters. The van der Waals surface area contributed by atoms with E-state index in [1.165, 1.54) is 27.8 Å². The van der Waals surface area contributed by atoms with Crippen molar-refractivity contribution < 1.29 is 4.42 Å². The van der Waals surface area contributed by atoms with Crippen LogP contribution < -0.4 is 10.2 Å². The minimum atomic E-state index is -0.452. The molecular formula is C51H37N5O. The second-order valence-electron chi connectivity index (χ2n) is 14.5. The normalized spacial score (nSPS) is 15.0. The number of allylic oxidation sites excluding steroid dienone is 1. The molecule has 2 aliphatic rings. The molecule has 7 aromatic carbocycles. The molecule has 1 N–H and O–H groups in total. The van der Waals surface area contributed by atoms with Crippen LogP contribution in [0.5, 0.6) is 0 Å². The highest BCUT2D eigenvalue weighted by Crippen LogP contribution is 2.45. The second-order valence-corrected chi connectivity index (χ2v) is 14.5. The zero-order chi connectivity index (χ0) is 37.7. The molecule has 9 aromatic rings. The molecule has 0 amide bonds. The van der Waals surface area contributed by atoms with Gasteiger partial charge in [-0.15, -0.1) is 0 Å². The van der Waals surface area contributed by atoms with Gasteiger partial charge in [0.2, 0.25) is 6.29 Å². The first kappa shape index (κ1) is 32.9. The number of anilines is 3. The van der Waals surface area contributed by atoms with Crippen molar-refractivity contribution in [1.29, 1.82) is 0 Å². The van der Waals surface area contributed by atoms with Crippen molar-refractivity contribution in [2.75, 3.05) is 4.90 Å². The summed E-state index contributed by atoms with van der Waals surface area (Å²) in [5, 5.41) is 7.02. The first-order valence-electron chi connectivity index (χ1n) is 19.5. The fourth-order valence-corrected chi connectivity index (χ4v) is 8.53. The average molecular weight is 736 g/mol. The van der Waals surface area contributed by atoms with Gasteiger partial charge in [-0.2, -0.15) is 0 Å². The third-order valence-electron chi connectivity index (χ3n) is 11.1. The summed E-state index contributed by atoms with van der Waals surface area (Å²) in [6.07, 6.45) is 6.09. The monoisotopic (exact) mass is 735 g/mol. The van der Waals surface area contributed by atoms with Crippen molar-refractivity contribution >= 4 is 67.7 Å². The topological polar surface area (TPSA) is 58.1 Å². The van der Waals surface area contributed by atoms with E-state index in [4.69, 9.17) is 14.4 Å². The first-order chi connectivity index (χ1) is 28.3. The van der Waals surface area contributed by atoms with E-state index in [2.05, 4.69) is 173 Å². The van der Waals surface area contributed by atoms with Crippen LogP contribution in [0.4, 0.5) is 17.1 Å². The Hall–Kier alpha value is -7.44. The Morgan fingerprint density at radius 2 is 1.26 bits per heavy atom. The zero-order valence-corrected chi connectivity index (χ0v) is 31.1. The lowest BCUT2D eigenvalue weighted by Crippen LogP contribution is -2.37. The minimum Gasteiger partial charge on any atom is -0.455 e. The third-order valence-corrected chi connectivity index (χ3v) is 11.1. The largest absolute Gasteiger partial charge is 0.455 e. The highest BCUT2D eigenvalue weighted by atomic mass is 16.3. The number of para-hydroxylation sites is 3. The molecule has 0 fully saturated rings. The highest BCUT2D eigenvalue weighted by molar-refractivity contribution is 6.22. The molecule has 0 saturated carbocycles. The van der Waals surface area contributed by atoms with Crippen molar-refractivity contribution in [3.8, 4) is 11.1 Å². The summed E-state index contributed by atoms with van der Waals surface area (Å²) in [5.74, 6) is 1.37. The number of aliphatic imine (C=N–C) groups is 2. The van der Waals surface area contributed by atoms with E-state index >= 15 is 0 Å². The van der Waals surface area contributed by atoms with E-state index in [1.807, 2.05) is 30.3 Å². The summed E-state index contributed by atoms with van der Waals surface area (Å²) < 4.78 is 9.22. The number of aromatic nitrogens is 1. The highest BCUT2D eigenvalue weighted by Gasteiger charge is 2.29. The summed E-state index contributed by atoms with van der Waals surface area (Å²) in [6.45, 7) is 0. The van der Waals surface area contributed by atoms with Gasteiger partial charge in [0.05, 0.1) is 22.2 Å². The van der Waals surface area contributed by atoms with E-state index < -0.39 is 6.29 Å². The number of benzene rings is 7. The summed E-state index contributed by atoms with van der Waals surface area (Å²) in [6, 6.07) is 61.4. The van der Waals surface area contributed by atoms with E-state index in [9.17, 15) is 0 Å². The van der Waals surface area contributed by atoms with Crippen molar-refractivity contribution in [3.05, 3.63) is 204 Å². The predicted octanol–water partition coefficient (Wildman–Crippen LogP) is 12.6. The average Bonchev–Trinajstić information content (AvgIpc) is 3.84. The number of furan rings is 1. The van der Waals surface area contributed by atoms with Gasteiger partial charge < -0.3 is 19.2 Å². The molecule has 0 bridgehead atoms. The standard InChI is InChI=1S/C51H37N5O/c1-4-16-34(17-5-1)35-28-30-38(31-29-35)55(37-20-8-3-9-21-37)45-33-32-42(48-47(45)41-24-12-15-27-46(41)57-48)50-52-49(36-18-6-2-7-19-36)53-51(54-50)56-43-25-13-10-22-39(43)40-23-11-14-26-44(40)56/h1-10,12-22,24-33,51H,11,23H2,(H,52,53,54). The van der Waals surface area contributed by atoms with Gasteiger partial charge in [-0.1, -0.05) is 133 Å². The van der Waals surface area contributed by atoms with Crippen molar-refractivity contribution in [2.24, 2.45) is 9.98 Å². The number of rotatable bonds is 7. The molecule has 1 aliphatic carbocycles. The van der Waals surface area contributed by atoms with Crippen LogP contribution in [0, 0.1) is 0 Å². The molecule has 6 heteroatoms. The molecule has 6 nitrogen and oxygen atoms in total. The SMILES string of the molecule is C1=Cc2c(c3ccccc3n2C2N=C(c3ccc(N(c4ccccc4)c4ccc(-c5ccccc5)cc4)c4c3oc3ccccc34)N=C(c3ccccc3)N2)CC1. The molecule has 1 aliphatic heterocycles. The number of fused-ring (bicyclic) bond motifs is 6. The van der Waals surface area contributed by atoms with Crippen LogP contribution in [-0.2, 0) is 6.42 Å². The van der Waals surface area contributed by atoms with Crippen LogP contribution in [0.15, 0.2) is 196 Å². The van der Waals surface area contributed by atoms with Crippen LogP contribution >= 0.6 is 0 Å². The fourth-order valence-electron chi connectivity index (χ4n) is 8.53. The molecule has 0 spiro atoms. The van der Waals surface area contributed by atoms with Gasteiger partial charge in [0.25, 0.3) is 0 Å². The molecule has 3 heterocycles. The summed E-state index contributed by atoms with van der Waals surface area (Å²) in [5.41, 5.74) is 12.5. The Balaban J connectivity index is 1.13. The Kier molecular flexibility index (Phi) is 7.91. The number of amidine groups is 2. The van der Waals surface area contributed by atoms with Gasteiger partial charge in [-0.3, -0.25) is 0 Å². The number of nitrogens with zero attached hydrogens (tertiary/aromatic N) is 4. The fraction of sp³-hybridized carbons (Fsp3) is 0.0588. The molecule has 1 unspecified atom stereocenters. The maximum absolute atomic E-state index is 6.89. The third kappa shape index (κ3) is 5.64. The Morgan fingerprint density at radius 1 is 0.614 bits per heavy atom. The Morgan fingerprint density at radius 3 is 2.05 bits per heavy atom. The van der Waals surface area contributed by atoms with E-state index in [0.717, 1.165) is 74.3 Å². The maximum Gasteiger partial charge on any atom is 0.204 e. The lowest BCUT2D eigenvalue weighted by molar-refractivity contribution is 0.498. The molecule has 57 heavy (non-hydrogen) atoms. The lowest BCUT2D eigenvalue weighted by Gasteiger charge is -2.28. The Labute approximate surface area is 330 Å². The molecule has 0 saturated heterocycles. The smallest absolute Gasteiger partial charge is 0.204 e. The first-order valence-corrected chi connectivity index (χ1v) is 19.5. The summed E-state index contributed by atoms with van der Waals surface area (Å²) in [7, 11) is 0. The molecule has 0 radical (unpaired) electrons. The second kappa shape index (κ2) is 13.7. The molecular weight excluding hydrogens is 699 g/mol. The van der Waals surface area contributed by atoms with Gasteiger partial charge in [0, 0.05) is 33.4 Å². The minimum absolute atomic E-state index is 0.452. The van der Waals surface area contributed by atoms with Crippen LogP contribution in [0.3, 0.4) is 0 Å². The van der Waals surface area contributed by atoms with Gasteiger partial charge in [0.15, 0.2) is 5.84 Å².